The molecule has 1 saturated heterocycles. The van der Waals surface area contributed by atoms with E-state index < -0.39 is 0 Å². The van der Waals surface area contributed by atoms with E-state index in [1.807, 2.05) is 6.92 Å². The lowest BCUT2D eigenvalue weighted by Crippen LogP contribution is -2.40. The van der Waals surface area contributed by atoms with Crippen molar-refractivity contribution in [2.75, 3.05) is 31.2 Å². The standard InChI is InChI=1S/C17H29N5O2S/c1-3-22-16(21-9-11-24-12-10-21)19-20-17(22)25-13(2)15(23)18-14-7-5-4-6-8-14/h13-14H,3-12H2,1-2H3,(H,18,23)/t13-/m1/s1. The fourth-order valence-corrected chi connectivity index (χ4v) is 4.34. The molecule has 1 aromatic rings. The maximum atomic E-state index is 12.5. The Balaban J connectivity index is 1.61. The minimum Gasteiger partial charge on any atom is -0.378 e. The van der Waals surface area contributed by atoms with Gasteiger partial charge in [0.2, 0.25) is 11.9 Å². The number of nitrogens with zero attached hydrogens (tertiary/aromatic N) is 4. The van der Waals surface area contributed by atoms with E-state index >= 15 is 0 Å². The lowest BCUT2D eigenvalue weighted by atomic mass is 9.95. The van der Waals surface area contributed by atoms with E-state index in [0.29, 0.717) is 6.04 Å². The number of carbonyl (C=O) groups is 1. The average Bonchev–Trinajstić information content (AvgIpc) is 3.05. The van der Waals surface area contributed by atoms with Crippen LogP contribution in [0.1, 0.15) is 46.0 Å². The molecule has 0 bridgehead atoms. The van der Waals surface area contributed by atoms with E-state index in [-0.39, 0.29) is 11.2 Å². The number of anilines is 1. The normalized spacial score (nSPS) is 20.5. The second-order valence-corrected chi connectivity index (χ2v) is 8.04. The van der Waals surface area contributed by atoms with Crippen molar-refractivity contribution in [1.29, 1.82) is 0 Å². The zero-order valence-electron chi connectivity index (χ0n) is 15.2. The highest BCUT2D eigenvalue weighted by Crippen LogP contribution is 2.26. The largest absolute Gasteiger partial charge is 0.378 e. The highest BCUT2D eigenvalue weighted by Gasteiger charge is 2.24. The topological polar surface area (TPSA) is 72.3 Å². The third-order valence-corrected chi connectivity index (χ3v) is 5.99. The van der Waals surface area contributed by atoms with E-state index in [1.54, 1.807) is 0 Å². The summed E-state index contributed by atoms with van der Waals surface area (Å²) in [6, 6.07) is 0.345. The Hall–Kier alpha value is -1.28. The van der Waals surface area contributed by atoms with Crippen LogP contribution in [0, 0.1) is 0 Å². The quantitative estimate of drug-likeness (QED) is 0.776. The second kappa shape index (κ2) is 8.89. The number of hydrogen-bond acceptors (Lipinski definition) is 6. The van der Waals surface area contributed by atoms with Gasteiger partial charge in [0, 0.05) is 25.7 Å². The number of ether oxygens (including phenoxy) is 1. The fraction of sp³-hybridized carbons (Fsp3) is 0.824. The molecule has 0 spiro atoms. The number of hydrogen-bond donors (Lipinski definition) is 1. The van der Waals surface area contributed by atoms with E-state index in [0.717, 1.165) is 56.8 Å². The summed E-state index contributed by atoms with van der Waals surface area (Å²) >= 11 is 1.50. The van der Waals surface area contributed by atoms with Gasteiger partial charge in [0.05, 0.1) is 18.5 Å². The van der Waals surface area contributed by atoms with E-state index in [1.165, 1.54) is 31.0 Å². The second-order valence-electron chi connectivity index (χ2n) is 6.73. The molecule has 1 saturated carbocycles. The maximum Gasteiger partial charge on any atom is 0.233 e. The summed E-state index contributed by atoms with van der Waals surface area (Å²) in [6.45, 7) is 7.94. The molecule has 1 N–H and O–H groups in total. The Labute approximate surface area is 153 Å². The van der Waals surface area contributed by atoms with Gasteiger partial charge in [-0.15, -0.1) is 10.2 Å². The van der Waals surface area contributed by atoms with Gasteiger partial charge in [-0.05, 0) is 26.7 Å². The van der Waals surface area contributed by atoms with Gasteiger partial charge in [0.25, 0.3) is 0 Å². The van der Waals surface area contributed by atoms with Crippen molar-refractivity contribution >= 4 is 23.6 Å². The van der Waals surface area contributed by atoms with Gasteiger partial charge >= 0.3 is 0 Å². The number of thioether (sulfide) groups is 1. The molecular weight excluding hydrogens is 338 g/mol. The number of rotatable bonds is 6. The Bertz CT molecular complexity index is 567. The molecule has 1 aromatic heterocycles. The number of amides is 1. The van der Waals surface area contributed by atoms with Crippen LogP contribution in [0.3, 0.4) is 0 Å². The van der Waals surface area contributed by atoms with Crippen molar-refractivity contribution in [3.05, 3.63) is 0 Å². The Kier molecular flexibility index (Phi) is 6.58. The summed E-state index contributed by atoms with van der Waals surface area (Å²) in [5.41, 5.74) is 0. The minimum atomic E-state index is -0.172. The molecule has 8 heteroatoms. The van der Waals surface area contributed by atoms with Crippen LogP contribution in [-0.4, -0.2) is 58.3 Å². The highest BCUT2D eigenvalue weighted by molar-refractivity contribution is 8.00. The van der Waals surface area contributed by atoms with Crippen LogP contribution in [0.15, 0.2) is 5.16 Å². The molecule has 1 aliphatic carbocycles. The molecule has 3 rings (SSSR count). The van der Waals surface area contributed by atoms with E-state index in [4.69, 9.17) is 4.74 Å². The third kappa shape index (κ3) is 4.67. The smallest absolute Gasteiger partial charge is 0.233 e. The van der Waals surface area contributed by atoms with Crippen molar-refractivity contribution < 1.29 is 9.53 Å². The van der Waals surface area contributed by atoms with Gasteiger partial charge in [-0.3, -0.25) is 9.36 Å². The van der Waals surface area contributed by atoms with Gasteiger partial charge in [0.1, 0.15) is 0 Å². The Morgan fingerprint density at radius 1 is 1.28 bits per heavy atom. The molecule has 0 aromatic carbocycles. The SMILES string of the molecule is CCn1c(S[C@H](C)C(=O)NC2CCCCC2)nnc1N1CCOCC1. The monoisotopic (exact) mass is 367 g/mol. The maximum absolute atomic E-state index is 12.5. The zero-order valence-corrected chi connectivity index (χ0v) is 16.1. The summed E-state index contributed by atoms with van der Waals surface area (Å²) in [7, 11) is 0. The molecule has 25 heavy (non-hydrogen) atoms. The first-order valence-electron chi connectivity index (χ1n) is 9.42. The minimum absolute atomic E-state index is 0.107. The number of aromatic nitrogens is 3. The number of carbonyl (C=O) groups excluding carboxylic acids is 1. The van der Waals surface area contributed by atoms with Gasteiger partial charge < -0.3 is 15.0 Å². The van der Waals surface area contributed by atoms with Crippen molar-refractivity contribution in [1.82, 2.24) is 20.1 Å². The van der Waals surface area contributed by atoms with Crippen LogP contribution in [0.2, 0.25) is 0 Å². The molecular formula is C17H29N5O2S. The molecule has 2 aliphatic rings. The van der Waals surface area contributed by atoms with Gasteiger partial charge in [-0.2, -0.15) is 0 Å². The molecule has 0 radical (unpaired) electrons. The first kappa shape index (κ1) is 18.5. The molecule has 2 heterocycles. The first-order chi connectivity index (χ1) is 12.2. The molecule has 2 fully saturated rings. The third-order valence-electron chi connectivity index (χ3n) is 4.91. The van der Waals surface area contributed by atoms with Crippen LogP contribution >= 0.6 is 11.8 Å². The van der Waals surface area contributed by atoms with Gasteiger partial charge in [-0.25, -0.2) is 0 Å². The van der Waals surface area contributed by atoms with Crippen LogP contribution in [0.25, 0.3) is 0 Å². The summed E-state index contributed by atoms with van der Waals surface area (Å²) in [6.07, 6.45) is 5.95. The van der Waals surface area contributed by atoms with Crippen LogP contribution in [0.4, 0.5) is 5.95 Å². The zero-order chi connectivity index (χ0) is 17.6. The van der Waals surface area contributed by atoms with Crippen LogP contribution in [0.5, 0.6) is 0 Å². The van der Waals surface area contributed by atoms with Crippen molar-refractivity contribution in [2.24, 2.45) is 0 Å². The van der Waals surface area contributed by atoms with Crippen LogP contribution in [-0.2, 0) is 16.1 Å². The highest BCUT2D eigenvalue weighted by atomic mass is 32.2. The predicted molar refractivity (Wildman–Crippen MR) is 99.1 cm³/mol. The van der Waals surface area contributed by atoms with Gasteiger partial charge in [-0.1, -0.05) is 31.0 Å². The molecule has 7 nitrogen and oxygen atoms in total. The number of morpholine rings is 1. The lowest BCUT2D eigenvalue weighted by Gasteiger charge is -2.27. The summed E-state index contributed by atoms with van der Waals surface area (Å²) in [5.74, 6) is 0.990. The van der Waals surface area contributed by atoms with Crippen LogP contribution < -0.4 is 10.2 Å². The first-order valence-corrected chi connectivity index (χ1v) is 10.3. The van der Waals surface area contributed by atoms with Crippen molar-refractivity contribution in [2.45, 2.75) is 68.9 Å². The fourth-order valence-electron chi connectivity index (χ4n) is 3.42. The summed E-state index contributed by atoms with van der Waals surface area (Å²) in [4.78, 5) is 14.7. The number of nitrogens with one attached hydrogen (secondary N) is 1. The van der Waals surface area contributed by atoms with Crippen molar-refractivity contribution in [3.8, 4) is 0 Å². The van der Waals surface area contributed by atoms with E-state index in [9.17, 15) is 4.79 Å². The predicted octanol–water partition coefficient (Wildman–Crippen LogP) is 2.06. The summed E-state index contributed by atoms with van der Waals surface area (Å²) in [5, 5.41) is 12.6. The van der Waals surface area contributed by atoms with Crippen molar-refractivity contribution in [3.63, 3.8) is 0 Å². The summed E-state index contributed by atoms with van der Waals surface area (Å²) < 4.78 is 7.51. The molecule has 1 aliphatic heterocycles. The molecule has 0 unspecified atom stereocenters. The molecule has 1 atom stereocenters. The Morgan fingerprint density at radius 2 is 2.00 bits per heavy atom. The van der Waals surface area contributed by atoms with Gasteiger partial charge in [0.15, 0.2) is 5.16 Å². The molecule has 1 amide bonds. The lowest BCUT2D eigenvalue weighted by molar-refractivity contribution is -0.121. The molecule has 140 valence electrons. The Morgan fingerprint density at radius 3 is 2.68 bits per heavy atom. The van der Waals surface area contributed by atoms with E-state index in [2.05, 4.69) is 31.9 Å². The average molecular weight is 368 g/mol.